The molecule has 2 aromatic carbocycles. The molecular weight excluding hydrogens is 301 g/mol. The maximum Gasteiger partial charge on any atom is 0.0453 e. The van der Waals surface area contributed by atoms with E-state index in [2.05, 4.69) is 49.5 Å². The molecule has 0 spiro atoms. The number of halogens is 2. The Labute approximate surface area is 137 Å². The highest BCUT2D eigenvalue weighted by Crippen LogP contribution is 2.26. The Bertz CT molecular complexity index is 569. The van der Waals surface area contributed by atoms with Crippen LogP contribution in [0.4, 0.5) is 0 Å². The molecule has 2 rings (SSSR count). The summed E-state index contributed by atoms with van der Waals surface area (Å²) < 4.78 is 0. The summed E-state index contributed by atoms with van der Waals surface area (Å²) in [6, 6.07) is 16.7. The topological polar surface area (TPSA) is 12.0 Å². The van der Waals surface area contributed by atoms with Crippen molar-refractivity contribution in [3.05, 3.63) is 69.7 Å². The molecule has 0 saturated carbocycles. The van der Waals surface area contributed by atoms with E-state index >= 15 is 0 Å². The molecule has 0 heterocycles. The van der Waals surface area contributed by atoms with Crippen LogP contribution in [0.2, 0.25) is 10.0 Å². The second kappa shape index (κ2) is 7.84. The number of nitrogens with one attached hydrogen (secondary N) is 1. The van der Waals surface area contributed by atoms with E-state index in [0.717, 1.165) is 23.6 Å². The van der Waals surface area contributed by atoms with Gasteiger partial charge in [0.05, 0.1) is 0 Å². The Morgan fingerprint density at radius 2 is 1.76 bits per heavy atom. The predicted octanol–water partition coefficient (Wildman–Crippen LogP) is 5.32. The Morgan fingerprint density at radius 3 is 2.38 bits per heavy atom. The van der Waals surface area contributed by atoms with Gasteiger partial charge in [0, 0.05) is 16.1 Å². The van der Waals surface area contributed by atoms with Crippen LogP contribution in [0.25, 0.3) is 0 Å². The van der Waals surface area contributed by atoms with Crippen molar-refractivity contribution in [2.75, 3.05) is 6.54 Å². The van der Waals surface area contributed by atoms with Gasteiger partial charge in [-0.25, -0.2) is 0 Å². The van der Waals surface area contributed by atoms with Gasteiger partial charge in [0.2, 0.25) is 0 Å². The summed E-state index contributed by atoms with van der Waals surface area (Å²) in [6.07, 6.45) is 0.889. The van der Waals surface area contributed by atoms with E-state index < -0.39 is 0 Å². The first kappa shape index (κ1) is 16.4. The summed E-state index contributed by atoms with van der Waals surface area (Å²) >= 11 is 12.3. The predicted molar refractivity (Wildman–Crippen MR) is 92.5 cm³/mol. The van der Waals surface area contributed by atoms with E-state index in [0.29, 0.717) is 17.0 Å². The number of likely N-dealkylation sites (N-methyl/N-ethyl adjacent to an activating group) is 1. The zero-order valence-corrected chi connectivity index (χ0v) is 14.0. The fourth-order valence-corrected chi connectivity index (χ4v) is 3.09. The molecule has 0 aliphatic carbocycles. The quantitative estimate of drug-likeness (QED) is 0.759. The summed E-state index contributed by atoms with van der Waals surface area (Å²) in [7, 11) is 0. The zero-order chi connectivity index (χ0) is 15.2. The molecule has 1 nitrogen and oxygen atoms in total. The average Bonchev–Trinajstić information content (AvgIpc) is 2.49. The van der Waals surface area contributed by atoms with Crippen molar-refractivity contribution in [2.45, 2.75) is 32.2 Å². The first-order valence-corrected chi connectivity index (χ1v) is 8.09. The smallest absolute Gasteiger partial charge is 0.0453 e. The Kier molecular flexibility index (Phi) is 6.10. The lowest BCUT2D eigenvalue weighted by molar-refractivity contribution is 0.458. The molecule has 21 heavy (non-hydrogen) atoms. The minimum Gasteiger partial charge on any atom is -0.313 e. The van der Waals surface area contributed by atoms with E-state index in [4.69, 9.17) is 23.2 Å². The highest BCUT2D eigenvalue weighted by molar-refractivity contribution is 6.35. The SMILES string of the molecule is CCNC(Cc1ccc(Cl)cc1Cl)C(C)c1ccccc1. The van der Waals surface area contributed by atoms with Crippen molar-refractivity contribution in [1.29, 1.82) is 0 Å². The van der Waals surface area contributed by atoms with E-state index in [1.54, 1.807) is 0 Å². The number of rotatable bonds is 6. The molecular formula is C18H21Cl2N. The molecule has 0 aromatic heterocycles. The molecule has 0 aliphatic heterocycles. The third-order valence-electron chi connectivity index (χ3n) is 3.85. The van der Waals surface area contributed by atoms with E-state index in [-0.39, 0.29) is 0 Å². The second-order valence-corrected chi connectivity index (χ2v) is 6.15. The minimum atomic E-state index is 0.344. The van der Waals surface area contributed by atoms with Crippen LogP contribution >= 0.6 is 23.2 Å². The zero-order valence-electron chi connectivity index (χ0n) is 12.4. The highest BCUT2D eigenvalue weighted by atomic mass is 35.5. The summed E-state index contributed by atoms with van der Waals surface area (Å²) in [4.78, 5) is 0. The molecule has 2 unspecified atom stereocenters. The fourth-order valence-electron chi connectivity index (χ4n) is 2.60. The Balaban J connectivity index is 2.19. The Hall–Kier alpha value is -1.02. The van der Waals surface area contributed by atoms with Gasteiger partial charge in [-0.15, -0.1) is 0 Å². The molecule has 0 bridgehead atoms. The lowest BCUT2D eigenvalue weighted by atomic mass is 9.89. The van der Waals surface area contributed by atoms with Crippen LogP contribution < -0.4 is 5.32 Å². The molecule has 1 N–H and O–H groups in total. The second-order valence-electron chi connectivity index (χ2n) is 5.30. The molecule has 112 valence electrons. The summed E-state index contributed by atoms with van der Waals surface area (Å²) in [5.74, 6) is 0.415. The lowest BCUT2D eigenvalue weighted by Gasteiger charge is -2.26. The molecule has 0 saturated heterocycles. The van der Waals surface area contributed by atoms with Crippen molar-refractivity contribution in [3.8, 4) is 0 Å². The van der Waals surface area contributed by atoms with Crippen LogP contribution in [0.1, 0.15) is 30.9 Å². The van der Waals surface area contributed by atoms with E-state index in [1.807, 2.05) is 18.2 Å². The standard InChI is InChI=1S/C18H21Cl2N/c1-3-21-18(13(2)14-7-5-4-6-8-14)11-15-9-10-16(19)12-17(15)20/h4-10,12-13,18,21H,3,11H2,1-2H3. The van der Waals surface area contributed by atoms with Gasteiger partial charge in [-0.1, -0.05) is 73.4 Å². The van der Waals surface area contributed by atoms with E-state index in [1.165, 1.54) is 5.56 Å². The van der Waals surface area contributed by atoms with Gasteiger partial charge in [0.1, 0.15) is 0 Å². The number of benzene rings is 2. The van der Waals surface area contributed by atoms with E-state index in [9.17, 15) is 0 Å². The molecule has 0 radical (unpaired) electrons. The van der Waals surface area contributed by atoms with Gasteiger partial charge in [0.25, 0.3) is 0 Å². The number of hydrogen-bond donors (Lipinski definition) is 1. The number of hydrogen-bond acceptors (Lipinski definition) is 1. The molecule has 3 heteroatoms. The van der Waals surface area contributed by atoms with Crippen LogP contribution in [0.15, 0.2) is 48.5 Å². The fraction of sp³-hybridized carbons (Fsp3) is 0.333. The monoisotopic (exact) mass is 321 g/mol. The molecule has 0 amide bonds. The van der Waals surface area contributed by atoms with Crippen LogP contribution in [-0.2, 0) is 6.42 Å². The van der Waals surface area contributed by atoms with Gasteiger partial charge in [-0.3, -0.25) is 0 Å². The first-order valence-electron chi connectivity index (χ1n) is 7.34. The highest BCUT2D eigenvalue weighted by Gasteiger charge is 2.19. The van der Waals surface area contributed by atoms with Gasteiger partial charge < -0.3 is 5.32 Å². The summed E-state index contributed by atoms with van der Waals surface area (Å²) in [5, 5.41) is 5.00. The van der Waals surface area contributed by atoms with Crippen LogP contribution in [-0.4, -0.2) is 12.6 Å². The third-order valence-corrected chi connectivity index (χ3v) is 4.44. The summed E-state index contributed by atoms with van der Waals surface area (Å²) in [5.41, 5.74) is 2.48. The van der Waals surface area contributed by atoms with Crippen LogP contribution in [0.5, 0.6) is 0 Å². The first-order chi connectivity index (χ1) is 10.1. The van der Waals surface area contributed by atoms with Crippen molar-refractivity contribution in [1.82, 2.24) is 5.32 Å². The third kappa shape index (κ3) is 4.47. The maximum absolute atomic E-state index is 6.31. The largest absolute Gasteiger partial charge is 0.313 e. The lowest BCUT2D eigenvalue weighted by Crippen LogP contribution is -2.35. The molecule has 2 aromatic rings. The molecule has 0 fully saturated rings. The van der Waals surface area contributed by atoms with Crippen LogP contribution in [0, 0.1) is 0 Å². The van der Waals surface area contributed by atoms with Crippen molar-refractivity contribution < 1.29 is 0 Å². The van der Waals surface area contributed by atoms with Gasteiger partial charge >= 0.3 is 0 Å². The molecule has 2 atom stereocenters. The van der Waals surface area contributed by atoms with Crippen molar-refractivity contribution in [2.24, 2.45) is 0 Å². The minimum absolute atomic E-state index is 0.344. The normalized spacial score (nSPS) is 13.9. The molecule has 0 aliphatic rings. The van der Waals surface area contributed by atoms with Crippen molar-refractivity contribution in [3.63, 3.8) is 0 Å². The maximum atomic E-state index is 6.31. The van der Waals surface area contributed by atoms with Crippen LogP contribution in [0.3, 0.4) is 0 Å². The van der Waals surface area contributed by atoms with Gasteiger partial charge in [-0.05, 0) is 42.1 Å². The Morgan fingerprint density at radius 1 is 1.05 bits per heavy atom. The van der Waals surface area contributed by atoms with Gasteiger partial charge in [0.15, 0.2) is 0 Å². The van der Waals surface area contributed by atoms with Crippen molar-refractivity contribution >= 4 is 23.2 Å². The average molecular weight is 322 g/mol. The van der Waals surface area contributed by atoms with Gasteiger partial charge in [-0.2, -0.15) is 0 Å². The summed E-state index contributed by atoms with van der Waals surface area (Å²) in [6.45, 7) is 5.33.